The van der Waals surface area contributed by atoms with Crippen LogP contribution >= 0.6 is 15.9 Å². The van der Waals surface area contributed by atoms with E-state index >= 15 is 0 Å². The minimum atomic E-state index is -3.93. The number of hydrogen-bond acceptors (Lipinski definition) is 4. The van der Waals surface area contributed by atoms with Gasteiger partial charge in [-0.3, -0.25) is 0 Å². The molecule has 0 aliphatic rings. The van der Waals surface area contributed by atoms with Gasteiger partial charge in [0.2, 0.25) is 0 Å². The largest absolute Gasteiger partial charge is 0.264 e. The number of nitrogens with zero attached hydrogens (tertiary/aromatic N) is 3. The van der Waals surface area contributed by atoms with Crippen molar-refractivity contribution in [1.82, 2.24) is 14.6 Å². The molecule has 3 rings (SSSR count). The lowest BCUT2D eigenvalue weighted by molar-refractivity contribution is 0.595. The second-order valence-electron chi connectivity index (χ2n) is 4.15. The summed E-state index contributed by atoms with van der Waals surface area (Å²) >= 11 is 3.28. The van der Waals surface area contributed by atoms with Crippen LogP contribution in [0.4, 0.5) is 10.3 Å². The van der Waals surface area contributed by atoms with Gasteiger partial charge in [-0.2, -0.15) is 4.98 Å². The zero-order chi connectivity index (χ0) is 15.0. The Morgan fingerprint density at radius 1 is 1.24 bits per heavy atom. The zero-order valence-electron chi connectivity index (χ0n) is 10.4. The molecule has 0 unspecified atom stereocenters. The molecular formula is C12H8BrFN4O2S. The van der Waals surface area contributed by atoms with Crippen LogP contribution in [0.1, 0.15) is 0 Å². The first-order valence-electron chi connectivity index (χ1n) is 5.74. The van der Waals surface area contributed by atoms with Gasteiger partial charge in [-0.1, -0.05) is 6.07 Å². The maximum absolute atomic E-state index is 13.1. The number of sulfonamides is 1. The quantitative estimate of drug-likeness (QED) is 0.767. The molecule has 0 fully saturated rings. The molecule has 0 aliphatic carbocycles. The van der Waals surface area contributed by atoms with Crippen LogP contribution < -0.4 is 4.72 Å². The summed E-state index contributed by atoms with van der Waals surface area (Å²) in [6, 6.07) is 8.14. The van der Waals surface area contributed by atoms with Crippen LogP contribution in [-0.2, 0) is 10.0 Å². The van der Waals surface area contributed by atoms with E-state index in [0.717, 1.165) is 10.5 Å². The van der Waals surface area contributed by atoms with Crippen molar-refractivity contribution in [3.05, 3.63) is 52.9 Å². The second kappa shape index (κ2) is 5.08. The fraction of sp³-hybridized carbons (Fsp3) is 0. The fourth-order valence-corrected chi connectivity index (χ4v) is 3.01. The van der Waals surface area contributed by atoms with Crippen LogP contribution in [0.3, 0.4) is 0 Å². The molecule has 108 valence electrons. The highest BCUT2D eigenvalue weighted by molar-refractivity contribution is 9.10. The third-order valence-corrected chi connectivity index (χ3v) is 4.42. The summed E-state index contributed by atoms with van der Waals surface area (Å²) in [5.74, 6) is -0.720. The van der Waals surface area contributed by atoms with Crippen molar-refractivity contribution < 1.29 is 12.8 Å². The smallest absolute Gasteiger partial charge is 0.246 e. The van der Waals surface area contributed by atoms with Crippen LogP contribution in [0.25, 0.3) is 5.65 Å². The summed E-state index contributed by atoms with van der Waals surface area (Å²) in [5.41, 5.74) is 0.482. The second-order valence-corrected chi connectivity index (χ2v) is 6.75. The number of halogens is 2. The van der Waals surface area contributed by atoms with Gasteiger partial charge in [0.1, 0.15) is 5.82 Å². The summed E-state index contributed by atoms with van der Waals surface area (Å²) < 4.78 is 41.8. The Labute approximate surface area is 127 Å². The highest BCUT2D eigenvalue weighted by Crippen LogP contribution is 2.16. The molecule has 3 aromatic rings. The highest BCUT2D eigenvalue weighted by atomic mass is 79.9. The average molecular weight is 371 g/mol. The first-order chi connectivity index (χ1) is 9.94. The van der Waals surface area contributed by atoms with Crippen molar-refractivity contribution in [2.45, 2.75) is 4.90 Å². The normalized spacial score (nSPS) is 11.7. The van der Waals surface area contributed by atoms with E-state index in [2.05, 4.69) is 30.7 Å². The van der Waals surface area contributed by atoms with Crippen LogP contribution in [0.5, 0.6) is 0 Å². The Kier molecular flexibility index (Phi) is 3.38. The van der Waals surface area contributed by atoms with Crippen molar-refractivity contribution in [2.24, 2.45) is 0 Å². The Balaban J connectivity index is 1.97. The number of anilines is 1. The van der Waals surface area contributed by atoms with Gasteiger partial charge >= 0.3 is 0 Å². The van der Waals surface area contributed by atoms with E-state index < -0.39 is 15.8 Å². The third kappa shape index (κ3) is 2.88. The number of fused-ring (bicyclic) bond motifs is 1. The topological polar surface area (TPSA) is 76.4 Å². The molecule has 2 heterocycles. The van der Waals surface area contributed by atoms with Crippen molar-refractivity contribution in [3.63, 3.8) is 0 Å². The Bertz CT molecular complexity index is 926. The number of nitrogens with one attached hydrogen (secondary N) is 1. The Morgan fingerprint density at radius 2 is 2.05 bits per heavy atom. The first-order valence-corrected chi connectivity index (χ1v) is 8.02. The highest BCUT2D eigenvalue weighted by Gasteiger charge is 2.17. The molecule has 9 heteroatoms. The molecule has 0 saturated heterocycles. The van der Waals surface area contributed by atoms with Gasteiger partial charge in [0.25, 0.3) is 16.0 Å². The SMILES string of the molecule is O=S(=O)(Nc1nc2ccc(Br)cn2n1)c1cccc(F)c1. The van der Waals surface area contributed by atoms with Gasteiger partial charge in [-0.15, -0.1) is 5.10 Å². The van der Waals surface area contributed by atoms with Gasteiger partial charge in [-0.25, -0.2) is 22.0 Å². The predicted molar refractivity (Wildman–Crippen MR) is 77.9 cm³/mol. The van der Waals surface area contributed by atoms with Gasteiger partial charge in [0, 0.05) is 10.7 Å². The third-order valence-electron chi connectivity index (χ3n) is 2.63. The average Bonchev–Trinajstić information content (AvgIpc) is 2.79. The predicted octanol–water partition coefficient (Wildman–Crippen LogP) is 2.43. The van der Waals surface area contributed by atoms with Gasteiger partial charge in [0.15, 0.2) is 5.65 Å². The van der Waals surface area contributed by atoms with Gasteiger partial charge in [-0.05, 0) is 46.3 Å². The Hall–Kier alpha value is -2.00. The molecule has 0 radical (unpaired) electrons. The molecule has 21 heavy (non-hydrogen) atoms. The molecule has 0 amide bonds. The van der Waals surface area contributed by atoms with Crippen LogP contribution in [0.15, 0.2) is 52.0 Å². The standard InChI is InChI=1S/C12H8BrFN4O2S/c13-8-4-5-11-15-12(16-18(11)7-8)17-21(19,20)10-3-1-2-9(14)6-10/h1-7H,(H,16,17). The van der Waals surface area contributed by atoms with Crippen molar-refractivity contribution in [1.29, 1.82) is 0 Å². The van der Waals surface area contributed by atoms with Crippen molar-refractivity contribution in [2.75, 3.05) is 4.72 Å². The summed E-state index contributed by atoms with van der Waals surface area (Å²) in [6.45, 7) is 0. The number of aromatic nitrogens is 3. The van der Waals surface area contributed by atoms with Crippen LogP contribution in [0, 0.1) is 5.82 Å². The number of pyridine rings is 1. The molecule has 0 atom stereocenters. The molecule has 6 nitrogen and oxygen atoms in total. The van der Waals surface area contributed by atoms with Crippen molar-refractivity contribution in [3.8, 4) is 0 Å². The minimum Gasteiger partial charge on any atom is -0.246 e. The molecule has 0 spiro atoms. The van der Waals surface area contributed by atoms with Gasteiger partial charge < -0.3 is 0 Å². The van der Waals surface area contributed by atoms with E-state index in [1.807, 2.05) is 0 Å². The van der Waals surface area contributed by atoms with Gasteiger partial charge in [0.05, 0.1) is 4.90 Å². The molecular weight excluding hydrogens is 363 g/mol. The van der Waals surface area contributed by atoms with E-state index in [0.29, 0.717) is 5.65 Å². The number of benzene rings is 1. The monoisotopic (exact) mass is 370 g/mol. The van der Waals surface area contributed by atoms with Crippen LogP contribution in [-0.4, -0.2) is 23.0 Å². The molecule has 0 aliphatic heterocycles. The minimum absolute atomic E-state index is 0.0858. The molecule has 0 saturated carbocycles. The molecule has 2 aromatic heterocycles. The lowest BCUT2D eigenvalue weighted by atomic mass is 10.4. The van der Waals surface area contributed by atoms with Crippen molar-refractivity contribution >= 4 is 37.5 Å². The molecule has 1 aromatic carbocycles. The number of rotatable bonds is 3. The van der Waals surface area contributed by atoms with E-state index in [9.17, 15) is 12.8 Å². The molecule has 0 bridgehead atoms. The summed E-state index contributed by atoms with van der Waals surface area (Å²) in [5, 5.41) is 4.00. The Morgan fingerprint density at radius 3 is 2.81 bits per heavy atom. The summed E-state index contributed by atoms with van der Waals surface area (Å²) in [7, 11) is -3.93. The summed E-state index contributed by atoms with van der Waals surface area (Å²) in [4.78, 5) is 3.84. The molecule has 1 N–H and O–H groups in total. The van der Waals surface area contributed by atoms with E-state index in [1.54, 1.807) is 18.3 Å². The fourth-order valence-electron chi connectivity index (χ4n) is 1.71. The van der Waals surface area contributed by atoms with E-state index in [1.165, 1.54) is 22.7 Å². The number of hydrogen-bond donors (Lipinski definition) is 1. The van der Waals surface area contributed by atoms with E-state index in [4.69, 9.17) is 0 Å². The zero-order valence-corrected chi connectivity index (χ0v) is 12.8. The lowest BCUT2D eigenvalue weighted by Gasteiger charge is -2.03. The maximum Gasteiger partial charge on any atom is 0.264 e. The first kappa shape index (κ1) is 14.0. The maximum atomic E-state index is 13.1. The van der Waals surface area contributed by atoms with Crippen LogP contribution in [0.2, 0.25) is 0 Å². The summed E-state index contributed by atoms with van der Waals surface area (Å²) in [6.07, 6.45) is 1.64. The van der Waals surface area contributed by atoms with E-state index in [-0.39, 0.29) is 10.8 Å². The lowest BCUT2D eigenvalue weighted by Crippen LogP contribution is -2.14.